The van der Waals surface area contributed by atoms with Gasteiger partial charge in [-0.15, -0.1) is 0 Å². The van der Waals surface area contributed by atoms with Crippen molar-refractivity contribution in [3.8, 4) is 11.3 Å². The van der Waals surface area contributed by atoms with Crippen LogP contribution in [0.1, 0.15) is 9.81 Å². The van der Waals surface area contributed by atoms with Gasteiger partial charge in [-0.25, -0.2) is 9.13 Å². The van der Waals surface area contributed by atoms with Crippen LogP contribution in [0.4, 0.5) is 0 Å². The topological polar surface area (TPSA) is 39.7 Å². The Morgan fingerprint density at radius 3 is 3.30 bits per heavy atom. The second-order valence-electron chi connectivity index (χ2n) is 4.97. The number of hydrogen-bond acceptors (Lipinski definition) is 2. The maximum absolute atomic E-state index is 7.94. The zero-order valence-electron chi connectivity index (χ0n) is 13.5. The number of aryl methyl sites for hydroxylation is 1. The van der Waals surface area contributed by atoms with E-state index in [0.29, 0.717) is 17.8 Å². The van der Waals surface area contributed by atoms with E-state index >= 15 is 0 Å². The number of rotatable bonds is 0. The van der Waals surface area contributed by atoms with E-state index in [2.05, 4.69) is 9.97 Å². The third kappa shape index (κ3) is 1.02. The second-order valence-corrected chi connectivity index (χ2v) is 4.97. The lowest BCUT2D eigenvalue weighted by atomic mass is 10.2. The highest BCUT2D eigenvalue weighted by Crippen LogP contribution is 2.31. The molecule has 0 unspecified atom stereocenters. The van der Waals surface area contributed by atoms with Crippen LogP contribution in [-0.4, -0.2) is 19.1 Å². The minimum absolute atomic E-state index is 0.571. The van der Waals surface area contributed by atoms with Crippen molar-refractivity contribution in [1.29, 1.82) is 0 Å². The molecular formula is C15H12N5+. The van der Waals surface area contributed by atoms with Gasteiger partial charge in [-0.3, -0.25) is 9.97 Å². The zero-order valence-corrected chi connectivity index (χ0v) is 10.5. The number of pyridine rings is 2. The van der Waals surface area contributed by atoms with E-state index in [1.54, 1.807) is 18.6 Å². The van der Waals surface area contributed by atoms with Crippen molar-refractivity contribution in [3.05, 3.63) is 48.7 Å². The molecule has 96 valence electrons. The molecule has 0 N–H and O–H groups in total. The SMILES string of the molecule is [2H]C([2H])([2H])n1c2cnccc2[n+]2cc3n(c12)Cc1ncccc1-3. The normalized spacial score (nSPS) is 15.9. The first-order chi connectivity index (χ1) is 11.1. The van der Waals surface area contributed by atoms with Crippen LogP contribution in [0.25, 0.3) is 28.1 Å². The Bertz CT molecular complexity index is 1090. The molecule has 4 aromatic rings. The average molecular weight is 265 g/mol. The van der Waals surface area contributed by atoms with Crippen molar-refractivity contribution < 1.29 is 8.51 Å². The summed E-state index contributed by atoms with van der Waals surface area (Å²) in [4.78, 5) is 8.50. The smallest absolute Gasteiger partial charge is 0.261 e. The number of hydrogen-bond donors (Lipinski definition) is 0. The Kier molecular flexibility index (Phi) is 1.27. The van der Waals surface area contributed by atoms with Crippen LogP contribution < -0.4 is 4.40 Å². The summed E-state index contributed by atoms with van der Waals surface area (Å²) >= 11 is 0. The zero-order chi connectivity index (χ0) is 15.8. The molecule has 5 heteroatoms. The molecule has 0 aromatic carbocycles. The highest BCUT2D eigenvalue weighted by Gasteiger charge is 2.31. The molecule has 0 fully saturated rings. The fraction of sp³-hybridized carbons (Fsp3) is 0.133. The predicted molar refractivity (Wildman–Crippen MR) is 74.2 cm³/mol. The van der Waals surface area contributed by atoms with E-state index in [-0.39, 0.29) is 0 Å². The van der Waals surface area contributed by atoms with Crippen molar-refractivity contribution in [2.45, 2.75) is 6.54 Å². The summed E-state index contributed by atoms with van der Waals surface area (Å²) in [7, 11) is 0. The molecule has 0 amide bonds. The largest absolute Gasteiger partial charge is 0.370 e. The van der Waals surface area contributed by atoms with Crippen molar-refractivity contribution in [1.82, 2.24) is 19.1 Å². The van der Waals surface area contributed by atoms with Gasteiger partial charge in [0.15, 0.2) is 5.52 Å². The summed E-state index contributed by atoms with van der Waals surface area (Å²) in [5, 5.41) is 0. The van der Waals surface area contributed by atoms with E-state index in [4.69, 9.17) is 4.11 Å². The summed E-state index contributed by atoms with van der Waals surface area (Å²) in [6.45, 7) is -1.71. The van der Waals surface area contributed by atoms with E-state index < -0.39 is 6.98 Å². The summed E-state index contributed by atoms with van der Waals surface area (Å²) in [6.07, 6.45) is 7.02. The van der Waals surface area contributed by atoms with E-state index in [9.17, 15) is 0 Å². The van der Waals surface area contributed by atoms with Crippen LogP contribution in [0.15, 0.2) is 43.0 Å². The molecule has 1 aliphatic heterocycles. The van der Waals surface area contributed by atoms with Gasteiger partial charge < -0.3 is 0 Å². The predicted octanol–water partition coefficient (Wildman–Crippen LogP) is 1.54. The van der Waals surface area contributed by atoms with E-state index in [1.165, 1.54) is 4.57 Å². The molecule has 0 spiro atoms. The second kappa shape index (κ2) is 3.25. The molecule has 0 bridgehead atoms. The maximum Gasteiger partial charge on any atom is 0.370 e. The Labute approximate surface area is 119 Å². The van der Waals surface area contributed by atoms with Crippen molar-refractivity contribution >= 4 is 16.8 Å². The fourth-order valence-electron chi connectivity index (χ4n) is 3.07. The van der Waals surface area contributed by atoms with Crippen LogP contribution in [0.5, 0.6) is 0 Å². The lowest BCUT2D eigenvalue weighted by Crippen LogP contribution is -2.18. The van der Waals surface area contributed by atoms with Gasteiger partial charge in [0.2, 0.25) is 0 Å². The van der Waals surface area contributed by atoms with Crippen LogP contribution >= 0.6 is 0 Å². The van der Waals surface area contributed by atoms with Gasteiger partial charge in [0, 0.05) is 18.0 Å². The van der Waals surface area contributed by atoms with Crippen LogP contribution in [0, 0.1) is 0 Å². The minimum Gasteiger partial charge on any atom is -0.261 e. The Morgan fingerprint density at radius 1 is 1.35 bits per heavy atom. The Balaban J connectivity index is 1.97. The van der Waals surface area contributed by atoms with Gasteiger partial charge in [0.1, 0.15) is 24.0 Å². The van der Waals surface area contributed by atoms with Crippen LogP contribution in [0.2, 0.25) is 0 Å². The number of aromatic nitrogens is 5. The molecule has 0 aliphatic carbocycles. The van der Waals surface area contributed by atoms with Gasteiger partial charge in [0.25, 0.3) is 0 Å². The van der Waals surface area contributed by atoms with Gasteiger partial charge in [-0.2, -0.15) is 4.40 Å². The molecule has 5 rings (SSSR count). The standard InChI is InChI=1S/C15H12N5/c1-18-13-7-16-6-4-12(13)20-9-14-10-3-2-5-17-11(10)8-19(14)15(18)20/h2-7,9H,8H2,1H3/q+1/i1D3. The van der Waals surface area contributed by atoms with Crippen molar-refractivity contribution in [3.63, 3.8) is 0 Å². The molecule has 5 nitrogen and oxygen atoms in total. The highest BCUT2D eigenvalue weighted by molar-refractivity contribution is 5.76. The summed E-state index contributed by atoms with van der Waals surface area (Å²) in [5.74, 6) is 0.626. The summed E-state index contributed by atoms with van der Waals surface area (Å²) < 4.78 is 29.1. The summed E-state index contributed by atoms with van der Waals surface area (Å²) in [5.41, 5.74) is 4.43. The van der Waals surface area contributed by atoms with Crippen molar-refractivity contribution in [2.75, 3.05) is 0 Å². The van der Waals surface area contributed by atoms with Crippen LogP contribution in [0.3, 0.4) is 0 Å². The molecule has 0 radical (unpaired) electrons. The van der Waals surface area contributed by atoms with Crippen LogP contribution in [-0.2, 0) is 13.5 Å². The lowest BCUT2D eigenvalue weighted by Gasteiger charge is -1.92. The first kappa shape index (κ1) is 7.79. The van der Waals surface area contributed by atoms with Gasteiger partial charge in [-0.05, 0) is 18.2 Å². The first-order valence-electron chi connectivity index (χ1n) is 7.90. The monoisotopic (exact) mass is 265 g/mol. The maximum atomic E-state index is 7.94. The molecule has 0 atom stereocenters. The van der Waals surface area contributed by atoms with Gasteiger partial charge >= 0.3 is 5.78 Å². The minimum atomic E-state index is -2.28. The molecule has 5 heterocycles. The molecule has 20 heavy (non-hydrogen) atoms. The van der Waals surface area contributed by atoms with Crippen molar-refractivity contribution in [2.24, 2.45) is 6.98 Å². The Morgan fingerprint density at radius 2 is 2.35 bits per heavy atom. The third-order valence-corrected chi connectivity index (χ3v) is 3.95. The number of imidazole rings is 2. The average Bonchev–Trinajstić information content (AvgIpc) is 3.13. The van der Waals surface area contributed by atoms with Gasteiger partial charge in [-0.1, -0.05) is 0 Å². The van der Waals surface area contributed by atoms with Gasteiger partial charge in [0.05, 0.1) is 23.0 Å². The highest BCUT2D eigenvalue weighted by atomic mass is 15.3. The molecule has 4 aromatic heterocycles. The Hall–Kier alpha value is -2.69. The summed E-state index contributed by atoms with van der Waals surface area (Å²) in [6, 6.07) is 5.76. The fourth-order valence-corrected chi connectivity index (χ4v) is 3.07. The lowest BCUT2D eigenvalue weighted by molar-refractivity contribution is -0.480. The number of fused-ring (bicyclic) bond motifs is 7. The third-order valence-electron chi connectivity index (χ3n) is 3.95. The number of nitrogens with zero attached hydrogens (tertiary/aromatic N) is 5. The molecule has 0 saturated carbocycles. The molecule has 1 aliphatic rings. The molecular weight excluding hydrogens is 250 g/mol. The van der Waals surface area contributed by atoms with E-state index in [0.717, 1.165) is 22.5 Å². The first-order valence-corrected chi connectivity index (χ1v) is 6.40. The molecule has 0 saturated heterocycles. The van der Waals surface area contributed by atoms with E-state index in [1.807, 2.05) is 33.4 Å². The quantitative estimate of drug-likeness (QED) is 0.398.